The van der Waals surface area contributed by atoms with Crippen LogP contribution in [0.4, 0.5) is 5.13 Å². The molecular weight excluding hydrogens is 456 g/mol. The summed E-state index contributed by atoms with van der Waals surface area (Å²) < 4.78 is 1.17. The van der Waals surface area contributed by atoms with Crippen LogP contribution in [0, 0.1) is 0 Å². The van der Waals surface area contributed by atoms with Gasteiger partial charge in [0.1, 0.15) is 0 Å². The predicted octanol–water partition coefficient (Wildman–Crippen LogP) is 5.25. The van der Waals surface area contributed by atoms with Crippen molar-refractivity contribution in [1.29, 1.82) is 0 Å². The highest BCUT2D eigenvalue weighted by molar-refractivity contribution is 7.22. The number of anilines is 1. The lowest BCUT2D eigenvalue weighted by Crippen LogP contribution is -2.40. The lowest BCUT2D eigenvalue weighted by molar-refractivity contribution is 0.175. The average Bonchev–Trinajstić information content (AvgIpc) is 3.23. The molecule has 6 nitrogen and oxygen atoms in total. The molecule has 0 saturated carbocycles. The number of phenols is 2. The molecule has 0 amide bonds. The van der Waals surface area contributed by atoms with Crippen molar-refractivity contribution in [2.45, 2.75) is 70.8 Å². The summed E-state index contributed by atoms with van der Waals surface area (Å²) in [5.41, 5.74) is 10.3. The predicted molar refractivity (Wildman–Crippen MR) is 147 cm³/mol. The summed E-state index contributed by atoms with van der Waals surface area (Å²) in [7, 11) is 0. The molecule has 1 aliphatic carbocycles. The number of hydrogen-bond acceptors (Lipinski definition) is 7. The van der Waals surface area contributed by atoms with Gasteiger partial charge in [0.2, 0.25) is 0 Å². The fraction of sp³-hybridized carbons (Fsp3) is 0.536. The van der Waals surface area contributed by atoms with Gasteiger partial charge in [0.15, 0.2) is 16.6 Å². The van der Waals surface area contributed by atoms with Gasteiger partial charge in [-0.25, -0.2) is 4.98 Å². The van der Waals surface area contributed by atoms with E-state index in [0.717, 1.165) is 69.4 Å². The first kappa shape index (κ1) is 25.7. The number of benzene rings is 2. The van der Waals surface area contributed by atoms with Gasteiger partial charge in [0.05, 0.1) is 10.2 Å². The van der Waals surface area contributed by atoms with Crippen molar-refractivity contribution in [2.24, 2.45) is 0 Å². The molecule has 1 heterocycles. The van der Waals surface area contributed by atoms with E-state index in [2.05, 4.69) is 40.3 Å². The van der Waals surface area contributed by atoms with Crippen LogP contribution in [0.5, 0.6) is 11.5 Å². The number of rotatable bonds is 13. The smallest absolute Gasteiger partial charge is 0.181 e. The highest BCUT2D eigenvalue weighted by Crippen LogP contribution is 2.36. The Balaban J connectivity index is 1.10. The van der Waals surface area contributed by atoms with E-state index in [9.17, 15) is 10.2 Å². The fourth-order valence-corrected chi connectivity index (χ4v) is 6.10. The summed E-state index contributed by atoms with van der Waals surface area (Å²) >= 11 is 1.56. The summed E-state index contributed by atoms with van der Waals surface area (Å²) in [6.45, 7) is 6.61. The Labute approximate surface area is 213 Å². The molecule has 35 heavy (non-hydrogen) atoms. The number of nitrogens with zero attached hydrogens (tertiary/aromatic N) is 2. The monoisotopic (exact) mass is 496 g/mol. The van der Waals surface area contributed by atoms with Crippen LogP contribution in [0.25, 0.3) is 10.2 Å². The van der Waals surface area contributed by atoms with Gasteiger partial charge in [0.25, 0.3) is 0 Å². The van der Waals surface area contributed by atoms with Gasteiger partial charge in [-0.3, -0.25) is 0 Å². The summed E-state index contributed by atoms with van der Waals surface area (Å²) in [6.07, 6.45) is 10.0. The van der Waals surface area contributed by atoms with E-state index in [1.807, 2.05) is 6.07 Å². The maximum absolute atomic E-state index is 10.2. The second kappa shape index (κ2) is 12.6. The largest absolute Gasteiger partial charge is 0.504 e. The minimum absolute atomic E-state index is 0.00476. The lowest BCUT2D eigenvalue weighted by atomic mass is 9.86. The molecule has 1 aromatic heterocycles. The number of fused-ring (bicyclic) bond motifs is 2. The molecule has 1 unspecified atom stereocenters. The molecule has 0 spiro atoms. The second-order valence-corrected chi connectivity index (χ2v) is 10.8. The van der Waals surface area contributed by atoms with Gasteiger partial charge in [-0.2, -0.15) is 0 Å². The Morgan fingerprint density at radius 3 is 2.80 bits per heavy atom. The maximum atomic E-state index is 10.2. The SMILES string of the molecule is CCCN(CCCCCCNCCc1ccc2nc(N)sc2c1)C1CCc2c(ccc(O)c2O)C1. The molecule has 0 fully saturated rings. The van der Waals surface area contributed by atoms with Crippen molar-refractivity contribution in [3.63, 3.8) is 0 Å². The van der Waals surface area contributed by atoms with Crippen LogP contribution in [0.3, 0.4) is 0 Å². The first-order chi connectivity index (χ1) is 17.0. The van der Waals surface area contributed by atoms with Gasteiger partial charge >= 0.3 is 0 Å². The minimum atomic E-state index is 0.00476. The Bertz CT molecular complexity index is 1100. The van der Waals surface area contributed by atoms with Crippen molar-refractivity contribution >= 4 is 26.7 Å². The van der Waals surface area contributed by atoms with Crippen LogP contribution >= 0.6 is 11.3 Å². The second-order valence-electron chi connectivity index (χ2n) is 9.77. The van der Waals surface area contributed by atoms with Crippen LogP contribution in [-0.2, 0) is 19.3 Å². The standard InChI is InChI=1S/C28H40N4O2S/c1-2-16-32(22-9-10-23-21(19-22)8-12-25(33)27(23)34)17-6-4-3-5-14-30-15-13-20-7-11-24-26(18-20)35-28(29)31-24/h7-8,11-12,18,22,30,33-34H,2-6,9-10,13-17,19H2,1H3,(H2,29,31). The maximum Gasteiger partial charge on any atom is 0.181 e. The van der Waals surface area contributed by atoms with E-state index in [1.54, 1.807) is 17.4 Å². The van der Waals surface area contributed by atoms with E-state index >= 15 is 0 Å². The zero-order valence-corrected chi connectivity index (χ0v) is 21.7. The van der Waals surface area contributed by atoms with Crippen molar-refractivity contribution in [1.82, 2.24) is 15.2 Å². The number of aromatic hydroxyl groups is 2. The highest BCUT2D eigenvalue weighted by atomic mass is 32.1. The lowest BCUT2D eigenvalue weighted by Gasteiger charge is -2.35. The van der Waals surface area contributed by atoms with Gasteiger partial charge < -0.3 is 26.2 Å². The molecule has 3 aromatic rings. The number of aromatic nitrogens is 1. The highest BCUT2D eigenvalue weighted by Gasteiger charge is 2.26. The molecule has 0 saturated heterocycles. The van der Waals surface area contributed by atoms with Crippen LogP contribution in [0.2, 0.25) is 0 Å². The van der Waals surface area contributed by atoms with Crippen molar-refractivity contribution in [2.75, 3.05) is 31.9 Å². The third-order valence-corrected chi connectivity index (χ3v) is 8.02. The van der Waals surface area contributed by atoms with Crippen molar-refractivity contribution < 1.29 is 10.2 Å². The number of unbranched alkanes of at least 4 members (excludes halogenated alkanes) is 3. The van der Waals surface area contributed by atoms with Crippen LogP contribution in [-0.4, -0.2) is 52.3 Å². The number of hydrogen-bond donors (Lipinski definition) is 4. The Morgan fingerprint density at radius 2 is 1.94 bits per heavy atom. The quantitative estimate of drug-likeness (QED) is 0.191. The molecule has 0 radical (unpaired) electrons. The summed E-state index contributed by atoms with van der Waals surface area (Å²) in [5.74, 6) is 0.0906. The van der Waals surface area contributed by atoms with E-state index < -0.39 is 0 Å². The topological polar surface area (TPSA) is 94.6 Å². The van der Waals surface area contributed by atoms with Gasteiger partial charge in [-0.1, -0.05) is 43.2 Å². The number of nitrogens with two attached hydrogens (primary N) is 1. The first-order valence-electron chi connectivity index (χ1n) is 13.2. The number of nitrogen functional groups attached to an aromatic ring is 1. The zero-order chi connectivity index (χ0) is 24.6. The number of nitrogens with one attached hydrogen (secondary N) is 1. The molecular formula is C28H40N4O2S. The Kier molecular flexibility index (Phi) is 9.24. The molecule has 4 rings (SSSR count). The molecule has 5 N–H and O–H groups in total. The van der Waals surface area contributed by atoms with Crippen molar-refractivity contribution in [3.8, 4) is 11.5 Å². The molecule has 190 valence electrons. The Morgan fingerprint density at radius 1 is 1.09 bits per heavy atom. The van der Waals surface area contributed by atoms with E-state index in [1.165, 1.54) is 41.5 Å². The van der Waals surface area contributed by atoms with Crippen LogP contribution < -0.4 is 11.1 Å². The Hall–Kier alpha value is -2.35. The van der Waals surface area contributed by atoms with E-state index in [-0.39, 0.29) is 11.5 Å². The average molecular weight is 497 g/mol. The molecule has 7 heteroatoms. The molecule has 1 aliphatic rings. The minimum Gasteiger partial charge on any atom is -0.504 e. The van der Waals surface area contributed by atoms with Gasteiger partial charge in [-0.05, 0) is 100 Å². The van der Waals surface area contributed by atoms with Gasteiger partial charge in [0, 0.05) is 11.6 Å². The third-order valence-electron chi connectivity index (χ3n) is 7.18. The van der Waals surface area contributed by atoms with E-state index in [0.29, 0.717) is 11.2 Å². The van der Waals surface area contributed by atoms with Gasteiger partial charge in [-0.15, -0.1) is 0 Å². The molecule has 0 aliphatic heterocycles. The molecule has 1 atom stereocenters. The molecule has 2 aromatic carbocycles. The number of phenolic OH excluding ortho intramolecular Hbond substituents is 2. The number of thiazole rings is 1. The van der Waals surface area contributed by atoms with Crippen LogP contribution in [0.15, 0.2) is 30.3 Å². The van der Waals surface area contributed by atoms with E-state index in [4.69, 9.17) is 5.73 Å². The first-order valence-corrected chi connectivity index (χ1v) is 14.0. The normalized spacial score (nSPS) is 15.7. The zero-order valence-electron chi connectivity index (χ0n) is 20.9. The molecule has 0 bridgehead atoms. The fourth-order valence-electron chi connectivity index (χ4n) is 5.30. The summed E-state index contributed by atoms with van der Waals surface area (Å²) in [5, 5.41) is 24.2. The third kappa shape index (κ3) is 6.87. The van der Waals surface area contributed by atoms with Crippen molar-refractivity contribution in [3.05, 3.63) is 47.0 Å². The van der Waals surface area contributed by atoms with Crippen LogP contribution in [0.1, 0.15) is 62.1 Å². The summed E-state index contributed by atoms with van der Waals surface area (Å²) in [4.78, 5) is 6.97. The summed E-state index contributed by atoms with van der Waals surface area (Å²) in [6, 6.07) is 10.6.